The van der Waals surface area contributed by atoms with Crippen LogP contribution in [0.2, 0.25) is 0 Å². The molecule has 0 aromatic rings. The lowest BCUT2D eigenvalue weighted by Crippen LogP contribution is -2.36. The van der Waals surface area contributed by atoms with Crippen LogP contribution in [0.15, 0.2) is 16.7 Å². The standard InChI is InChI=1S/C13H25BN3O2/c1-5-8-12(9-6-7-10-16-17-15)14-19-11(2)13(3,4)18/h9,11,18H,5-8,10H2,1-4H3/b12-9+. The largest absolute Gasteiger partial charge is 0.429 e. The molecule has 0 amide bonds. The molecule has 0 aromatic carbocycles. The molecule has 0 spiro atoms. The summed E-state index contributed by atoms with van der Waals surface area (Å²) in [4.78, 5) is 2.72. The number of allylic oxidation sites excluding steroid dienone is 2. The monoisotopic (exact) mass is 266 g/mol. The Morgan fingerprint density at radius 2 is 2.26 bits per heavy atom. The van der Waals surface area contributed by atoms with E-state index >= 15 is 0 Å². The van der Waals surface area contributed by atoms with Crippen molar-refractivity contribution in [1.82, 2.24) is 0 Å². The number of nitrogens with zero attached hydrogens (tertiary/aromatic N) is 3. The molecule has 5 nitrogen and oxygen atoms in total. The Kier molecular flexibility index (Phi) is 9.40. The topological polar surface area (TPSA) is 78.2 Å². The molecule has 0 saturated heterocycles. The Bertz CT molecular complexity index is 320. The molecular formula is C13H25BN3O2. The van der Waals surface area contributed by atoms with Gasteiger partial charge in [-0.05, 0) is 45.6 Å². The van der Waals surface area contributed by atoms with E-state index < -0.39 is 5.60 Å². The predicted octanol–water partition coefficient (Wildman–Crippen LogP) is 3.56. The zero-order chi connectivity index (χ0) is 14.7. The van der Waals surface area contributed by atoms with Crippen LogP contribution in [0.1, 0.15) is 53.4 Å². The van der Waals surface area contributed by atoms with Crippen LogP contribution in [0.5, 0.6) is 0 Å². The normalized spacial score (nSPS) is 13.8. The Balaban J connectivity index is 4.17. The first kappa shape index (κ1) is 18.0. The lowest BCUT2D eigenvalue weighted by molar-refractivity contribution is -0.0227. The lowest BCUT2D eigenvalue weighted by Gasteiger charge is -2.26. The minimum atomic E-state index is -0.852. The molecule has 1 radical (unpaired) electrons. The molecule has 19 heavy (non-hydrogen) atoms. The molecule has 0 aromatic heterocycles. The zero-order valence-electron chi connectivity index (χ0n) is 12.5. The highest BCUT2D eigenvalue weighted by Gasteiger charge is 2.23. The number of hydrogen-bond acceptors (Lipinski definition) is 3. The van der Waals surface area contributed by atoms with E-state index in [0.717, 1.165) is 31.2 Å². The van der Waals surface area contributed by atoms with Crippen LogP contribution in [0.3, 0.4) is 0 Å². The van der Waals surface area contributed by atoms with Crippen LogP contribution in [-0.2, 0) is 4.65 Å². The number of aliphatic hydroxyl groups is 1. The quantitative estimate of drug-likeness (QED) is 0.216. The molecule has 0 aliphatic heterocycles. The second kappa shape index (κ2) is 9.90. The number of rotatable bonds is 10. The van der Waals surface area contributed by atoms with E-state index in [4.69, 9.17) is 10.2 Å². The minimum Gasteiger partial charge on any atom is -0.429 e. The van der Waals surface area contributed by atoms with E-state index in [0.29, 0.717) is 6.54 Å². The third-order valence-electron chi connectivity index (χ3n) is 2.89. The third kappa shape index (κ3) is 9.59. The number of hydrogen-bond donors (Lipinski definition) is 1. The van der Waals surface area contributed by atoms with Crippen molar-refractivity contribution < 1.29 is 9.76 Å². The van der Waals surface area contributed by atoms with Gasteiger partial charge in [0.25, 0.3) is 0 Å². The van der Waals surface area contributed by atoms with Gasteiger partial charge in [0.05, 0.1) is 11.7 Å². The first-order chi connectivity index (χ1) is 8.91. The van der Waals surface area contributed by atoms with Gasteiger partial charge in [-0.15, -0.1) is 0 Å². The summed E-state index contributed by atoms with van der Waals surface area (Å²) in [6.07, 6.45) is 5.54. The molecule has 1 unspecified atom stereocenters. The highest BCUT2D eigenvalue weighted by atomic mass is 16.5. The SMILES string of the molecule is CCC/C([B]OC(C)C(C)(C)O)=C\CCCN=[N+]=[N-]. The first-order valence-electron chi connectivity index (χ1n) is 6.82. The molecule has 1 N–H and O–H groups in total. The molecule has 0 fully saturated rings. The number of azide groups is 1. The molecule has 0 saturated carbocycles. The minimum absolute atomic E-state index is 0.254. The van der Waals surface area contributed by atoms with Gasteiger partial charge in [-0.1, -0.05) is 30.0 Å². The van der Waals surface area contributed by atoms with Crippen LogP contribution in [0.25, 0.3) is 10.4 Å². The van der Waals surface area contributed by atoms with E-state index in [1.54, 1.807) is 21.3 Å². The molecule has 0 bridgehead atoms. The van der Waals surface area contributed by atoms with Gasteiger partial charge in [-0.3, -0.25) is 0 Å². The average Bonchev–Trinajstić information content (AvgIpc) is 2.33. The molecule has 1 atom stereocenters. The van der Waals surface area contributed by atoms with Crippen molar-refractivity contribution in [1.29, 1.82) is 0 Å². The molecule has 0 rings (SSSR count). The van der Waals surface area contributed by atoms with Crippen molar-refractivity contribution in [3.8, 4) is 0 Å². The van der Waals surface area contributed by atoms with Crippen LogP contribution in [0, 0.1) is 0 Å². The van der Waals surface area contributed by atoms with E-state index in [1.807, 2.05) is 6.92 Å². The Labute approximate surface area is 116 Å². The summed E-state index contributed by atoms with van der Waals surface area (Å²) >= 11 is 0. The van der Waals surface area contributed by atoms with E-state index in [9.17, 15) is 5.11 Å². The van der Waals surface area contributed by atoms with Crippen molar-refractivity contribution in [2.75, 3.05) is 6.54 Å². The highest BCUT2D eigenvalue weighted by Crippen LogP contribution is 2.14. The molecule has 6 heteroatoms. The fourth-order valence-corrected chi connectivity index (χ4v) is 1.35. The summed E-state index contributed by atoms with van der Waals surface area (Å²) in [5.74, 6) is 0. The third-order valence-corrected chi connectivity index (χ3v) is 2.89. The zero-order valence-corrected chi connectivity index (χ0v) is 12.5. The van der Waals surface area contributed by atoms with Crippen molar-refractivity contribution in [2.24, 2.45) is 5.11 Å². The highest BCUT2D eigenvalue weighted by molar-refractivity contribution is 6.38. The van der Waals surface area contributed by atoms with Crippen LogP contribution < -0.4 is 0 Å². The van der Waals surface area contributed by atoms with Gasteiger partial charge >= 0.3 is 7.48 Å². The molecule has 0 heterocycles. The Morgan fingerprint density at radius 3 is 2.79 bits per heavy atom. The van der Waals surface area contributed by atoms with Gasteiger partial charge in [0, 0.05) is 11.5 Å². The van der Waals surface area contributed by atoms with E-state index in [2.05, 4.69) is 23.0 Å². The second-order valence-electron chi connectivity index (χ2n) is 5.18. The summed E-state index contributed by atoms with van der Waals surface area (Å²) in [6, 6.07) is 0. The maximum atomic E-state index is 9.79. The fourth-order valence-electron chi connectivity index (χ4n) is 1.35. The summed E-state index contributed by atoms with van der Waals surface area (Å²) in [5.41, 5.74) is 8.45. The number of unbranched alkanes of at least 4 members (excludes halogenated alkanes) is 1. The van der Waals surface area contributed by atoms with Crippen molar-refractivity contribution in [3.63, 3.8) is 0 Å². The van der Waals surface area contributed by atoms with Crippen molar-refractivity contribution in [2.45, 2.75) is 65.1 Å². The van der Waals surface area contributed by atoms with Gasteiger partial charge in [0.1, 0.15) is 0 Å². The molecule has 0 aliphatic rings. The van der Waals surface area contributed by atoms with Crippen LogP contribution in [-0.4, -0.2) is 30.8 Å². The van der Waals surface area contributed by atoms with Gasteiger partial charge in [0.2, 0.25) is 0 Å². The van der Waals surface area contributed by atoms with Crippen molar-refractivity contribution >= 4 is 7.48 Å². The maximum absolute atomic E-state index is 9.79. The smallest absolute Gasteiger partial charge is 0.325 e. The van der Waals surface area contributed by atoms with Gasteiger partial charge in [-0.2, -0.15) is 0 Å². The summed E-state index contributed by atoms with van der Waals surface area (Å²) in [6.45, 7) is 7.94. The predicted molar refractivity (Wildman–Crippen MR) is 78.8 cm³/mol. The summed E-state index contributed by atoms with van der Waals surface area (Å²) < 4.78 is 5.57. The van der Waals surface area contributed by atoms with Crippen LogP contribution >= 0.6 is 0 Å². The summed E-state index contributed by atoms with van der Waals surface area (Å²) in [5, 5.41) is 13.3. The van der Waals surface area contributed by atoms with E-state index in [-0.39, 0.29) is 6.10 Å². The lowest BCUT2D eigenvalue weighted by atomic mass is 9.82. The fraction of sp³-hybridized carbons (Fsp3) is 0.846. The van der Waals surface area contributed by atoms with Crippen LogP contribution in [0.4, 0.5) is 0 Å². The Hall–Kier alpha value is -0.965. The second-order valence-corrected chi connectivity index (χ2v) is 5.18. The Morgan fingerprint density at radius 1 is 1.58 bits per heavy atom. The van der Waals surface area contributed by atoms with Gasteiger partial charge in [0.15, 0.2) is 0 Å². The molecule has 107 valence electrons. The average molecular weight is 266 g/mol. The molecular weight excluding hydrogens is 241 g/mol. The van der Waals surface area contributed by atoms with Crippen molar-refractivity contribution in [3.05, 3.63) is 22.0 Å². The summed E-state index contributed by atoms with van der Waals surface area (Å²) in [7, 11) is 1.74. The van der Waals surface area contributed by atoms with Gasteiger partial charge < -0.3 is 9.76 Å². The van der Waals surface area contributed by atoms with Gasteiger partial charge in [-0.25, -0.2) is 0 Å². The molecule has 0 aliphatic carbocycles. The maximum Gasteiger partial charge on any atom is 0.325 e. The first-order valence-corrected chi connectivity index (χ1v) is 6.82. The van der Waals surface area contributed by atoms with E-state index in [1.165, 1.54) is 0 Å².